The third-order valence-electron chi connectivity index (χ3n) is 6.06. The van der Waals surface area contributed by atoms with E-state index in [1.54, 1.807) is 7.11 Å². The van der Waals surface area contributed by atoms with E-state index in [0.29, 0.717) is 6.04 Å². The normalized spacial score (nSPS) is 23.7. The zero-order valence-corrected chi connectivity index (χ0v) is 18.8. The smallest absolute Gasteiger partial charge is 0.119 e. The largest absolute Gasteiger partial charge is 0.497 e. The van der Waals surface area contributed by atoms with Crippen LogP contribution < -0.4 is 9.47 Å². The SMILES string of the molecule is COc1ccc([C@H]2[C@@H]3CN(CCCOc4ccccc4)C[C@@H]3CN2C)cc1.Cl.Cl. The van der Waals surface area contributed by atoms with Gasteiger partial charge in [0.15, 0.2) is 0 Å². The molecule has 2 aromatic carbocycles. The van der Waals surface area contributed by atoms with Crippen molar-refractivity contribution >= 4 is 24.8 Å². The fraction of sp³-hybridized carbons (Fsp3) is 0.478. The summed E-state index contributed by atoms with van der Waals surface area (Å²) in [4.78, 5) is 5.17. The van der Waals surface area contributed by atoms with E-state index in [1.807, 2.05) is 30.3 Å². The minimum Gasteiger partial charge on any atom is -0.497 e. The molecule has 0 spiro atoms. The lowest BCUT2D eigenvalue weighted by atomic mass is 9.89. The number of methoxy groups -OCH3 is 1. The molecule has 29 heavy (non-hydrogen) atoms. The summed E-state index contributed by atoms with van der Waals surface area (Å²) in [6, 6.07) is 19.3. The summed E-state index contributed by atoms with van der Waals surface area (Å²) < 4.78 is 11.2. The van der Waals surface area contributed by atoms with Crippen molar-refractivity contribution in [2.75, 3.05) is 46.9 Å². The maximum Gasteiger partial charge on any atom is 0.119 e. The Bertz CT molecular complexity index is 729. The summed E-state index contributed by atoms with van der Waals surface area (Å²) in [5.74, 6) is 3.40. The number of benzene rings is 2. The quantitative estimate of drug-likeness (QED) is 0.592. The molecule has 0 saturated carbocycles. The first-order chi connectivity index (χ1) is 13.2. The van der Waals surface area contributed by atoms with Crippen LogP contribution in [0.3, 0.4) is 0 Å². The molecular weight excluding hydrogens is 407 g/mol. The standard InChI is InChI=1S/C23H30N2O2.2ClH/c1-24-15-19-16-25(13-6-14-27-21-7-4-3-5-8-21)17-22(19)23(24)18-9-11-20(26-2)12-10-18;;/h3-5,7-12,19,22-23H,6,13-17H2,1-2H3;2*1H/t19-,22+,23-;;/m0../s1. The fourth-order valence-corrected chi connectivity index (χ4v) is 4.83. The van der Waals surface area contributed by atoms with Crippen LogP contribution in [0.4, 0.5) is 0 Å². The van der Waals surface area contributed by atoms with Gasteiger partial charge in [-0.1, -0.05) is 30.3 Å². The Morgan fingerprint density at radius 2 is 1.62 bits per heavy atom. The molecule has 6 heteroatoms. The topological polar surface area (TPSA) is 24.9 Å². The predicted molar refractivity (Wildman–Crippen MR) is 123 cm³/mol. The Morgan fingerprint density at radius 1 is 0.897 bits per heavy atom. The van der Waals surface area contributed by atoms with Crippen molar-refractivity contribution in [3.05, 3.63) is 60.2 Å². The highest BCUT2D eigenvalue weighted by atomic mass is 35.5. The summed E-state index contributed by atoms with van der Waals surface area (Å²) in [6.07, 6.45) is 1.08. The highest BCUT2D eigenvalue weighted by molar-refractivity contribution is 5.85. The van der Waals surface area contributed by atoms with E-state index in [9.17, 15) is 0 Å². The number of para-hydroxylation sites is 1. The molecule has 3 atom stereocenters. The van der Waals surface area contributed by atoms with Gasteiger partial charge < -0.3 is 14.4 Å². The average molecular weight is 439 g/mol. The van der Waals surface area contributed by atoms with E-state index in [4.69, 9.17) is 9.47 Å². The number of nitrogens with zero attached hydrogens (tertiary/aromatic N) is 2. The van der Waals surface area contributed by atoms with Crippen LogP contribution in [0.1, 0.15) is 18.0 Å². The highest BCUT2D eigenvalue weighted by Gasteiger charge is 2.45. The van der Waals surface area contributed by atoms with E-state index in [-0.39, 0.29) is 24.8 Å². The summed E-state index contributed by atoms with van der Waals surface area (Å²) in [5.41, 5.74) is 1.42. The molecule has 4 rings (SSSR count). The van der Waals surface area contributed by atoms with Crippen molar-refractivity contribution in [1.82, 2.24) is 9.80 Å². The Morgan fingerprint density at radius 3 is 2.31 bits per heavy atom. The van der Waals surface area contributed by atoms with E-state index in [2.05, 4.69) is 41.1 Å². The van der Waals surface area contributed by atoms with Crippen molar-refractivity contribution in [3.63, 3.8) is 0 Å². The molecule has 0 aliphatic carbocycles. The Kier molecular flexibility index (Phi) is 9.09. The second-order valence-corrected chi connectivity index (χ2v) is 7.86. The molecule has 0 amide bonds. The first kappa shape index (κ1) is 23.8. The van der Waals surface area contributed by atoms with Crippen LogP contribution in [0, 0.1) is 11.8 Å². The lowest BCUT2D eigenvalue weighted by Gasteiger charge is -2.27. The van der Waals surface area contributed by atoms with Gasteiger partial charge in [0.05, 0.1) is 13.7 Å². The molecule has 2 fully saturated rings. The molecule has 2 aliphatic heterocycles. The maximum atomic E-state index is 5.84. The van der Waals surface area contributed by atoms with Gasteiger partial charge in [-0.3, -0.25) is 4.90 Å². The third kappa shape index (κ3) is 5.58. The van der Waals surface area contributed by atoms with E-state index in [0.717, 1.165) is 42.9 Å². The highest BCUT2D eigenvalue weighted by Crippen LogP contribution is 2.44. The zero-order chi connectivity index (χ0) is 18.6. The molecule has 160 valence electrons. The lowest BCUT2D eigenvalue weighted by Crippen LogP contribution is -2.30. The third-order valence-corrected chi connectivity index (χ3v) is 6.06. The number of hydrogen-bond donors (Lipinski definition) is 0. The lowest BCUT2D eigenvalue weighted by molar-refractivity contribution is 0.214. The van der Waals surface area contributed by atoms with Gasteiger partial charge in [-0.15, -0.1) is 24.8 Å². The van der Waals surface area contributed by atoms with Gasteiger partial charge >= 0.3 is 0 Å². The van der Waals surface area contributed by atoms with Crippen LogP contribution in [-0.2, 0) is 0 Å². The zero-order valence-electron chi connectivity index (χ0n) is 17.2. The van der Waals surface area contributed by atoms with E-state index >= 15 is 0 Å². The van der Waals surface area contributed by atoms with Gasteiger partial charge in [-0.25, -0.2) is 0 Å². The second-order valence-electron chi connectivity index (χ2n) is 7.86. The van der Waals surface area contributed by atoms with Crippen molar-refractivity contribution in [2.24, 2.45) is 11.8 Å². The first-order valence-electron chi connectivity index (χ1n) is 9.99. The molecule has 0 bridgehead atoms. The van der Waals surface area contributed by atoms with Gasteiger partial charge in [0.25, 0.3) is 0 Å². The van der Waals surface area contributed by atoms with Gasteiger partial charge in [0.1, 0.15) is 11.5 Å². The van der Waals surface area contributed by atoms with Gasteiger partial charge in [-0.2, -0.15) is 0 Å². The monoisotopic (exact) mass is 438 g/mol. The number of likely N-dealkylation sites (tertiary alicyclic amines) is 2. The fourth-order valence-electron chi connectivity index (χ4n) is 4.83. The molecule has 4 nitrogen and oxygen atoms in total. The van der Waals surface area contributed by atoms with Crippen LogP contribution in [0.15, 0.2) is 54.6 Å². The molecule has 0 unspecified atom stereocenters. The van der Waals surface area contributed by atoms with Gasteiger partial charge in [-0.05, 0) is 55.1 Å². The Balaban J connectivity index is 0.00000150. The summed E-state index contributed by atoms with van der Waals surface area (Å²) in [5, 5.41) is 0. The van der Waals surface area contributed by atoms with Crippen LogP contribution in [0.25, 0.3) is 0 Å². The molecule has 2 saturated heterocycles. The van der Waals surface area contributed by atoms with Crippen molar-refractivity contribution in [3.8, 4) is 11.5 Å². The van der Waals surface area contributed by atoms with Gasteiger partial charge in [0.2, 0.25) is 0 Å². The van der Waals surface area contributed by atoms with E-state index < -0.39 is 0 Å². The number of rotatable bonds is 7. The predicted octanol–water partition coefficient (Wildman–Crippen LogP) is 4.54. The molecule has 0 radical (unpaired) electrons. The molecule has 0 aromatic heterocycles. The van der Waals surface area contributed by atoms with Crippen molar-refractivity contribution in [2.45, 2.75) is 12.5 Å². The first-order valence-corrected chi connectivity index (χ1v) is 9.99. The molecule has 2 aliphatic rings. The number of fused-ring (bicyclic) bond motifs is 1. The number of ether oxygens (including phenoxy) is 2. The number of hydrogen-bond acceptors (Lipinski definition) is 4. The van der Waals surface area contributed by atoms with E-state index in [1.165, 1.54) is 25.2 Å². The Labute approximate surface area is 187 Å². The van der Waals surface area contributed by atoms with Crippen molar-refractivity contribution < 1.29 is 9.47 Å². The summed E-state index contributed by atoms with van der Waals surface area (Å²) in [6.45, 7) is 5.51. The second kappa shape index (κ2) is 11.1. The number of halogens is 2. The molecule has 2 heterocycles. The maximum absolute atomic E-state index is 5.84. The molecule has 0 N–H and O–H groups in total. The minimum absolute atomic E-state index is 0. The van der Waals surface area contributed by atoms with Crippen LogP contribution >= 0.6 is 24.8 Å². The van der Waals surface area contributed by atoms with Crippen LogP contribution in [-0.4, -0.2) is 56.7 Å². The molecule has 2 aromatic rings. The van der Waals surface area contributed by atoms with Crippen LogP contribution in [0.2, 0.25) is 0 Å². The van der Waals surface area contributed by atoms with Crippen molar-refractivity contribution in [1.29, 1.82) is 0 Å². The van der Waals surface area contributed by atoms with Gasteiger partial charge in [0, 0.05) is 32.2 Å². The average Bonchev–Trinajstić information content (AvgIpc) is 3.22. The Hall–Kier alpha value is -1.46. The minimum atomic E-state index is 0. The molecular formula is C23H32Cl2N2O2. The summed E-state index contributed by atoms with van der Waals surface area (Å²) in [7, 11) is 3.99. The summed E-state index contributed by atoms with van der Waals surface area (Å²) >= 11 is 0. The van der Waals surface area contributed by atoms with Crippen LogP contribution in [0.5, 0.6) is 11.5 Å².